The highest BCUT2D eigenvalue weighted by molar-refractivity contribution is 5.99. The molecule has 0 radical (unpaired) electrons. The highest BCUT2D eigenvalue weighted by atomic mass is 19.4. The molecule has 1 atom stereocenters. The first-order valence-electron chi connectivity index (χ1n) is 3.77. The van der Waals surface area contributed by atoms with Gasteiger partial charge in [-0.2, -0.15) is 13.2 Å². The van der Waals surface area contributed by atoms with Crippen LogP contribution in [-0.4, -0.2) is 23.2 Å². The van der Waals surface area contributed by atoms with Gasteiger partial charge in [0.25, 0.3) is 0 Å². The van der Waals surface area contributed by atoms with Crippen molar-refractivity contribution in [1.82, 2.24) is 0 Å². The van der Waals surface area contributed by atoms with E-state index in [0.29, 0.717) is 0 Å². The van der Waals surface area contributed by atoms with Crippen molar-refractivity contribution in [2.45, 2.75) is 12.3 Å². The lowest BCUT2D eigenvalue weighted by Crippen LogP contribution is -2.36. The average Bonchev–Trinajstić information content (AvgIpc) is 2.15. The normalized spacial score (nSPS) is 13.7. The van der Waals surface area contributed by atoms with E-state index in [0.717, 1.165) is 0 Å². The lowest BCUT2D eigenvalue weighted by molar-refractivity contribution is -0.186. The molecule has 0 aromatic heterocycles. The van der Waals surface area contributed by atoms with E-state index in [1.165, 1.54) is 24.3 Å². The van der Waals surface area contributed by atoms with E-state index in [2.05, 4.69) is 0 Å². The summed E-state index contributed by atoms with van der Waals surface area (Å²) in [6, 6.07) is 6.86. The molecule has 0 aliphatic heterocycles. The minimum absolute atomic E-state index is 0.155. The lowest BCUT2D eigenvalue weighted by Gasteiger charge is -2.12. The van der Waals surface area contributed by atoms with Crippen LogP contribution in [0.2, 0.25) is 0 Å². The molecule has 0 aliphatic carbocycles. The lowest BCUT2D eigenvalue weighted by atomic mass is 10.1. The summed E-state index contributed by atoms with van der Waals surface area (Å²) in [4.78, 5) is 11.0. The fourth-order valence-electron chi connectivity index (χ4n) is 0.909. The molecule has 1 N–H and O–H groups in total. The first kappa shape index (κ1) is 10.7. The Morgan fingerprint density at radius 3 is 2.14 bits per heavy atom. The quantitative estimate of drug-likeness (QED) is 0.745. The Hall–Kier alpha value is -1.36. The van der Waals surface area contributed by atoms with E-state index in [1.807, 2.05) is 0 Å². The van der Waals surface area contributed by atoms with Gasteiger partial charge in [-0.1, -0.05) is 30.3 Å². The molecule has 0 aliphatic rings. The Morgan fingerprint density at radius 2 is 1.71 bits per heavy atom. The summed E-state index contributed by atoms with van der Waals surface area (Å²) < 4.78 is 35.7. The van der Waals surface area contributed by atoms with Gasteiger partial charge in [0.2, 0.25) is 11.9 Å². The number of hydrogen-bond donors (Lipinski definition) is 1. The number of halogens is 3. The Morgan fingerprint density at radius 1 is 1.21 bits per heavy atom. The molecule has 1 aromatic carbocycles. The van der Waals surface area contributed by atoms with Crippen LogP contribution in [0.5, 0.6) is 0 Å². The van der Waals surface area contributed by atoms with Crippen molar-refractivity contribution in [3.8, 4) is 0 Å². The van der Waals surface area contributed by atoms with E-state index in [1.54, 1.807) is 6.07 Å². The number of carbonyl (C=O) groups excluding carboxylic acids is 1. The zero-order valence-electron chi connectivity index (χ0n) is 6.95. The number of aliphatic hydroxyl groups excluding tert-OH is 1. The standard InChI is InChI=1S/C9H7F3O2/c10-9(11,12)8(14)7(13)6-4-2-1-3-5-6/h1-5,8,14H/t8-/m1/s1. The Labute approximate surface area is 78.0 Å². The number of ketones is 1. The van der Waals surface area contributed by atoms with Crippen LogP contribution in [-0.2, 0) is 0 Å². The second kappa shape index (κ2) is 3.79. The molecule has 0 bridgehead atoms. The van der Waals surface area contributed by atoms with Crippen LogP contribution in [0.4, 0.5) is 13.2 Å². The molecule has 0 saturated heterocycles. The first-order chi connectivity index (χ1) is 6.43. The zero-order chi connectivity index (χ0) is 10.8. The van der Waals surface area contributed by atoms with Gasteiger partial charge in [-0.3, -0.25) is 4.79 Å². The fraction of sp³-hybridized carbons (Fsp3) is 0.222. The smallest absolute Gasteiger partial charge is 0.377 e. The van der Waals surface area contributed by atoms with Crippen molar-refractivity contribution in [2.24, 2.45) is 0 Å². The van der Waals surface area contributed by atoms with Gasteiger partial charge in [-0.05, 0) is 0 Å². The second-order valence-electron chi connectivity index (χ2n) is 2.67. The SMILES string of the molecule is O=C(c1ccccc1)[C@@H](O)C(F)(F)F. The van der Waals surface area contributed by atoms with E-state index in [4.69, 9.17) is 5.11 Å². The topological polar surface area (TPSA) is 37.3 Å². The monoisotopic (exact) mass is 204 g/mol. The molecule has 1 aromatic rings. The molecule has 0 saturated carbocycles. The number of carbonyl (C=O) groups is 1. The maximum absolute atomic E-state index is 11.9. The number of rotatable bonds is 2. The van der Waals surface area contributed by atoms with Gasteiger partial charge < -0.3 is 5.11 Å². The van der Waals surface area contributed by atoms with Crippen molar-refractivity contribution in [2.75, 3.05) is 0 Å². The predicted molar refractivity (Wildman–Crippen MR) is 42.8 cm³/mol. The molecule has 0 spiro atoms. The average molecular weight is 204 g/mol. The summed E-state index contributed by atoms with van der Waals surface area (Å²) in [5.41, 5.74) is -0.155. The van der Waals surface area contributed by atoms with Gasteiger partial charge in [0.15, 0.2) is 0 Å². The van der Waals surface area contributed by atoms with Crippen LogP contribution >= 0.6 is 0 Å². The third kappa shape index (κ3) is 2.32. The third-order valence-electron chi connectivity index (χ3n) is 1.62. The summed E-state index contributed by atoms with van der Waals surface area (Å²) >= 11 is 0. The van der Waals surface area contributed by atoms with Gasteiger partial charge in [-0.25, -0.2) is 0 Å². The van der Waals surface area contributed by atoms with Crippen molar-refractivity contribution < 1.29 is 23.1 Å². The first-order valence-corrected chi connectivity index (χ1v) is 3.77. The number of benzene rings is 1. The largest absolute Gasteiger partial charge is 0.421 e. The molecular formula is C9H7F3O2. The van der Waals surface area contributed by atoms with E-state index in [9.17, 15) is 18.0 Å². The van der Waals surface area contributed by atoms with Gasteiger partial charge >= 0.3 is 6.18 Å². The molecule has 0 unspecified atom stereocenters. The molecular weight excluding hydrogens is 197 g/mol. The molecule has 0 amide bonds. The van der Waals surface area contributed by atoms with Crippen LogP contribution in [0.3, 0.4) is 0 Å². The van der Waals surface area contributed by atoms with Crippen LogP contribution < -0.4 is 0 Å². The van der Waals surface area contributed by atoms with Crippen molar-refractivity contribution in [3.63, 3.8) is 0 Å². The minimum atomic E-state index is -4.91. The van der Waals surface area contributed by atoms with Gasteiger partial charge in [0.05, 0.1) is 0 Å². The molecule has 14 heavy (non-hydrogen) atoms. The predicted octanol–water partition coefficient (Wildman–Crippen LogP) is 1.79. The van der Waals surface area contributed by atoms with E-state index >= 15 is 0 Å². The number of hydrogen-bond acceptors (Lipinski definition) is 2. The van der Waals surface area contributed by atoms with E-state index < -0.39 is 18.1 Å². The van der Waals surface area contributed by atoms with Gasteiger partial charge in [0, 0.05) is 5.56 Å². The van der Waals surface area contributed by atoms with Crippen LogP contribution in [0.25, 0.3) is 0 Å². The summed E-state index contributed by atoms with van der Waals surface area (Å²) in [6.07, 6.45) is -7.85. The van der Waals surface area contributed by atoms with Crippen molar-refractivity contribution in [3.05, 3.63) is 35.9 Å². The van der Waals surface area contributed by atoms with Crippen LogP contribution in [0.1, 0.15) is 10.4 Å². The Bertz CT molecular complexity index is 319. The third-order valence-corrected chi connectivity index (χ3v) is 1.62. The molecule has 0 heterocycles. The highest BCUT2D eigenvalue weighted by Crippen LogP contribution is 2.22. The van der Waals surface area contributed by atoms with Crippen LogP contribution in [0.15, 0.2) is 30.3 Å². The van der Waals surface area contributed by atoms with Gasteiger partial charge in [0.1, 0.15) is 0 Å². The second-order valence-corrected chi connectivity index (χ2v) is 2.67. The number of aliphatic hydroxyl groups is 1. The van der Waals surface area contributed by atoms with E-state index in [-0.39, 0.29) is 5.56 Å². The summed E-state index contributed by atoms with van der Waals surface area (Å²) in [5.74, 6) is -1.34. The highest BCUT2D eigenvalue weighted by Gasteiger charge is 2.43. The number of alkyl halides is 3. The van der Waals surface area contributed by atoms with Gasteiger partial charge in [-0.15, -0.1) is 0 Å². The summed E-state index contributed by atoms with van der Waals surface area (Å²) in [7, 11) is 0. The molecule has 5 heteroatoms. The minimum Gasteiger partial charge on any atom is -0.377 e. The maximum Gasteiger partial charge on any atom is 0.421 e. The van der Waals surface area contributed by atoms with Crippen LogP contribution in [0, 0.1) is 0 Å². The molecule has 0 fully saturated rings. The molecule has 1 rings (SSSR count). The fourth-order valence-corrected chi connectivity index (χ4v) is 0.909. The zero-order valence-corrected chi connectivity index (χ0v) is 6.95. The van der Waals surface area contributed by atoms with Crippen molar-refractivity contribution >= 4 is 5.78 Å². The summed E-state index contributed by atoms with van der Waals surface area (Å²) in [5, 5.41) is 8.63. The molecule has 2 nitrogen and oxygen atoms in total. The molecule has 76 valence electrons. The summed E-state index contributed by atoms with van der Waals surface area (Å²) in [6.45, 7) is 0. The number of Topliss-reactive ketones (excluding diaryl/α,β-unsaturated/α-hetero) is 1. The maximum atomic E-state index is 11.9. The van der Waals surface area contributed by atoms with Crippen molar-refractivity contribution in [1.29, 1.82) is 0 Å². The Kier molecular flexibility index (Phi) is 2.90. The Balaban J connectivity index is 2.87.